The molecule has 0 aromatic heterocycles. The lowest BCUT2D eigenvalue weighted by Crippen LogP contribution is -2.38. The quantitative estimate of drug-likeness (QED) is 0.808. The molecule has 0 saturated heterocycles. The van der Waals surface area contributed by atoms with Crippen LogP contribution < -0.4 is 10.1 Å². The third-order valence-electron chi connectivity index (χ3n) is 4.23. The number of rotatable bonds is 7. The van der Waals surface area contributed by atoms with Crippen molar-refractivity contribution >= 4 is 5.91 Å². The molecule has 0 radical (unpaired) electrons. The molecular weight excluding hydrogens is 298 g/mol. The van der Waals surface area contributed by atoms with E-state index in [2.05, 4.69) is 50.4 Å². The van der Waals surface area contributed by atoms with Crippen molar-refractivity contribution in [1.82, 2.24) is 5.32 Å². The summed E-state index contributed by atoms with van der Waals surface area (Å²) in [5.41, 5.74) is 3.45. The van der Waals surface area contributed by atoms with Crippen LogP contribution in [0.2, 0.25) is 0 Å². The number of aryl methyl sites for hydroxylation is 2. The average Bonchev–Trinajstić information content (AvgIpc) is 2.60. The van der Waals surface area contributed by atoms with Crippen molar-refractivity contribution in [2.45, 2.75) is 52.7 Å². The number of carbonyl (C=O) groups is 1. The second-order valence-electron chi connectivity index (χ2n) is 6.10. The third-order valence-corrected chi connectivity index (χ3v) is 4.23. The summed E-state index contributed by atoms with van der Waals surface area (Å²) in [4.78, 5) is 12.5. The zero-order chi connectivity index (χ0) is 17.5. The van der Waals surface area contributed by atoms with E-state index in [1.807, 2.05) is 24.3 Å². The highest BCUT2D eigenvalue weighted by atomic mass is 16.5. The van der Waals surface area contributed by atoms with Crippen molar-refractivity contribution in [3.8, 4) is 5.75 Å². The Morgan fingerprint density at radius 3 is 2.38 bits per heavy atom. The van der Waals surface area contributed by atoms with Crippen LogP contribution in [0, 0.1) is 6.92 Å². The summed E-state index contributed by atoms with van der Waals surface area (Å²) in [6, 6.07) is 16.2. The molecule has 0 fully saturated rings. The molecule has 128 valence electrons. The first-order valence-electron chi connectivity index (χ1n) is 8.66. The van der Waals surface area contributed by atoms with Crippen LogP contribution in [0.15, 0.2) is 48.5 Å². The minimum absolute atomic E-state index is 0.00516. The monoisotopic (exact) mass is 325 g/mol. The molecular formula is C21H27NO2. The van der Waals surface area contributed by atoms with Crippen molar-refractivity contribution in [2.75, 3.05) is 0 Å². The first kappa shape index (κ1) is 18.1. The fourth-order valence-electron chi connectivity index (χ4n) is 2.66. The van der Waals surface area contributed by atoms with Crippen LogP contribution in [0.3, 0.4) is 0 Å². The summed E-state index contributed by atoms with van der Waals surface area (Å²) in [5.74, 6) is 0.694. The second kappa shape index (κ2) is 8.53. The van der Waals surface area contributed by atoms with E-state index >= 15 is 0 Å². The maximum atomic E-state index is 12.5. The molecule has 3 heteroatoms. The zero-order valence-corrected chi connectivity index (χ0v) is 15.0. The van der Waals surface area contributed by atoms with Crippen molar-refractivity contribution < 1.29 is 9.53 Å². The standard InChI is InChI=1S/C21H27NO2/c1-5-17-9-7-8-10-20(17)24-16(4)21(23)22-19(6-2)18-13-11-15(3)12-14-18/h7-14,16,19H,5-6H2,1-4H3,(H,22,23). The fourth-order valence-corrected chi connectivity index (χ4v) is 2.66. The molecule has 0 heterocycles. The predicted molar refractivity (Wildman–Crippen MR) is 98.3 cm³/mol. The number of nitrogens with one attached hydrogen (secondary N) is 1. The van der Waals surface area contributed by atoms with Gasteiger partial charge in [-0.15, -0.1) is 0 Å². The van der Waals surface area contributed by atoms with Gasteiger partial charge in [0, 0.05) is 0 Å². The molecule has 0 aliphatic carbocycles. The van der Waals surface area contributed by atoms with E-state index in [-0.39, 0.29) is 11.9 Å². The third kappa shape index (κ3) is 4.60. The van der Waals surface area contributed by atoms with Crippen LogP contribution in [0.4, 0.5) is 0 Å². The van der Waals surface area contributed by atoms with E-state index in [9.17, 15) is 4.79 Å². The zero-order valence-electron chi connectivity index (χ0n) is 15.0. The van der Waals surface area contributed by atoms with Gasteiger partial charge < -0.3 is 10.1 Å². The number of benzene rings is 2. The SMILES string of the molecule is CCc1ccccc1OC(C)C(=O)NC(CC)c1ccc(C)cc1. The number of ether oxygens (including phenoxy) is 1. The lowest BCUT2D eigenvalue weighted by atomic mass is 10.0. The lowest BCUT2D eigenvalue weighted by molar-refractivity contribution is -0.128. The van der Waals surface area contributed by atoms with E-state index in [1.54, 1.807) is 6.92 Å². The maximum absolute atomic E-state index is 12.5. The van der Waals surface area contributed by atoms with Crippen molar-refractivity contribution in [3.05, 3.63) is 65.2 Å². The Hall–Kier alpha value is -2.29. The highest BCUT2D eigenvalue weighted by molar-refractivity contribution is 5.81. The first-order valence-corrected chi connectivity index (χ1v) is 8.66. The van der Waals surface area contributed by atoms with Crippen molar-refractivity contribution in [3.63, 3.8) is 0 Å². The van der Waals surface area contributed by atoms with Gasteiger partial charge in [-0.3, -0.25) is 4.79 Å². The Morgan fingerprint density at radius 2 is 1.75 bits per heavy atom. The molecule has 0 spiro atoms. The van der Waals surface area contributed by atoms with Gasteiger partial charge in [-0.05, 0) is 43.9 Å². The molecule has 0 saturated carbocycles. The van der Waals surface area contributed by atoms with Crippen molar-refractivity contribution in [2.24, 2.45) is 0 Å². The number of hydrogen-bond acceptors (Lipinski definition) is 2. The maximum Gasteiger partial charge on any atom is 0.261 e. The van der Waals surface area contributed by atoms with E-state index in [0.717, 1.165) is 29.7 Å². The smallest absolute Gasteiger partial charge is 0.261 e. The van der Waals surface area contributed by atoms with Crippen molar-refractivity contribution in [1.29, 1.82) is 0 Å². The van der Waals surface area contributed by atoms with E-state index in [0.29, 0.717) is 0 Å². The van der Waals surface area contributed by atoms with Crippen LogP contribution >= 0.6 is 0 Å². The fraction of sp³-hybridized carbons (Fsp3) is 0.381. The predicted octanol–water partition coefficient (Wildman–Crippen LogP) is 4.59. The number of amides is 1. The van der Waals surface area contributed by atoms with Gasteiger partial charge in [0.1, 0.15) is 5.75 Å². The van der Waals surface area contributed by atoms with Gasteiger partial charge >= 0.3 is 0 Å². The van der Waals surface area contributed by atoms with Gasteiger partial charge in [0.2, 0.25) is 0 Å². The molecule has 2 aromatic rings. The normalized spacial score (nSPS) is 13.2. The van der Waals surface area contributed by atoms with Gasteiger partial charge in [0.15, 0.2) is 6.10 Å². The largest absolute Gasteiger partial charge is 0.481 e. The molecule has 2 rings (SSSR count). The molecule has 0 aliphatic rings. The lowest BCUT2D eigenvalue weighted by Gasteiger charge is -2.22. The molecule has 2 atom stereocenters. The summed E-state index contributed by atoms with van der Waals surface area (Å²) >= 11 is 0. The van der Waals surface area contributed by atoms with Gasteiger partial charge in [-0.2, -0.15) is 0 Å². The molecule has 1 N–H and O–H groups in total. The molecule has 3 nitrogen and oxygen atoms in total. The minimum Gasteiger partial charge on any atom is -0.481 e. The van der Waals surface area contributed by atoms with E-state index in [1.165, 1.54) is 5.56 Å². The van der Waals surface area contributed by atoms with E-state index in [4.69, 9.17) is 4.74 Å². The van der Waals surface area contributed by atoms with Gasteiger partial charge in [-0.1, -0.05) is 61.9 Å². The highest BCUT2D eigenvalue weighted by Crippen LogP contribution is 2.21. The highest BCUT2D eigenvalue weighted by Gasteiger charge is 2.20. The van der Waals surface area contributed by atoms with Crippen LogP contribution in [0.1, 0.15) is 49.9 Å². The van der Waals surface area contributed by atoms with Crippen LogP contribution in [0.5, 0.6) is 5.75 Å². The van der Waals surface area contributed by atoms with Gasteiger partial charge in [0.05, 0.1) is 6.04 Å². The second-order valence-corrected chi connectivity index (χ2v) is 6.10. The average molecular weight is 325 g/mol. The number of para-hydroxylation sites is 1. The van der Waals surface area contributed by atoms with Crippen LogP contribution in [-0.2, 0) is 11.2 Å². The Morgan fingerprint density at radius 1 is 1.08 bits per heavy atom. The van der Waals surface area contributed by atoms with Gasteiger partial charge in [-0.25, -0.2) is 0 Å². The molecule has 0 bridgehead atoms. The molecule has 24 heavy (non-hydrogen) atoms. The minimum atomic E-state index is -0.530. The number of hydrogen-bond donors (Lipinski definition) is 1. The molecule has 2 unspecified atom stereocenters. The molecule has 0 aliphatic heterocycles. The molecule has 1 amide bonds. The van der Waals surface area contributed by atoms with Crippen LogP contribution in [-0.4, -0.2) is 12.0 Å². The van der Waals surface area contributed by atoms with Crippen LogP contribution in [0.25, 0.3) is 0 Å². The summed E-state index contributed by atoms with van der Waals surface area (Å²) in [6.07, 6.45) is 1.19. The Balaban J connectivity index is 2.03. The summed E-state index contributed by atoms with van der Waals surface area (Å²) in [6.45, 7) is 8.01. The summed E-state index contributed by atoms with van der Waals surface area (Å²) < 4.78 is 5.89. The molecule has 2 aromatic carbocycles. The summed E-state index contributed by atoms with van der Waals surface area (Å²) in [5, 5.41) is 3.10. The topological polar surface area (TPSA) is 38.3 Å². The Labute approximate surface area is 145 Å². The summed E-state index contributed by atoms with van der Waals surface area (Å²) in [7, 11) is 0. The Kier molecular flexibility index (Phi) is 6.42. The van der Waals surface area contributed by atoms with E-state index < -0.39 is 6.10 Å². The van der Waals surface area contributed by atoms with Gasteiger partial charge in [0.25, 0.3) is 5.91 Å². The number of carbonyl (C=O) groups excluding carboxylic acids is 1. The first-order chi connectivity index (χ1) is 11.5. The Bertz CT molecular complexity index is 664.